The minimum atomic E-state index is -1.04. The minimum absolute atomic E-state index is 0.0775. The molecule has 1 N–H and O–H groups in total. The standard InChI is InChI=1S/C26H30N4O10S/c1-17(31)41-22-13-23(28(14-22)26(34)40-16-19-5-9-21(10-6-19)30(37)38)24(32)11-12-27(2)25(33)39-15-18-3-7-20(8-4-18)29(35)36/h3-10,22-24,32H,11-16H2,1-2H3/t22-,23-,24?/m0/s1. The van der Waals surface area contributed by atoms with Gasteiger partial charge in [-0.15, -0.1) is 0 Å². The van der Waals surface area contributed by atoms with E-state index in [1.165, 1.54) is 72.3 Å². The van der Waals surface area contributed by atoms with Gasteiger partial charge in [-0.1, -0.05) is 11.8 Å². The number of hydrogen-bond donors (Lipinski definition) is 1. The number of amides is 2. The third-order valence-corrected chi connectivity index (χ3v) is 7.41. The number of thioether (sulfide) groups is 1. The predicted octanol–water partition coefficient (Wildman–Crippen LogP) is 3.88. The molecule has 2 aromatic rings. The van der Waals surface area contributed by atoms with E-state index in [9.17, 15) is 39.7 Å². The average Bonchev–Trinajstić information content (AvgIpc) is 3.36. The van der Waals surface area contributed by atoms with Crippen LogP contribution in [0.15, 0.2) is 48.5 Å². The van der Waals surface area contributed by atoms with Crippen LogP contribution < -0.4 is 0 Å². The molecule has 0 spiro atoms. The van der Waals surface area contributed by atoms with Gasteiger partial charge >= 0.3 is 12.2 Å². The number of hydrogen-bond acceptors (Lipinski definition) is 11. The molecule has 0 saturated carbocycles. The lowest BCUT2D eigenvalue weighted by molar-refractivity contribution is -0.385. The fourth-order valence-electron chi connectivity index (χ4n) is 4.24. The number of nitro benzene ring substituents is 2. The van der Waals surface area contributed by atoms with Crippen molar-refractivity contribution in [2.45, 2.75) is 50.4 Å². The molecule has 2 aromatic carbocycles. The number of non-ortho nitro benzene ring substituents is 2. The van der Waals surface area contributed by atoms with Gasteiger partial charge < -0.3 is 24.4 Å². The number of benzene rings is 2. The van der Waals surface area contributed by atoms with E-state index < -0.39 is 34.2 Å². The first-order chi connectivity index (χ1) is 19.4. The molecule has 0 aromatic heterocycles. The Morgan fingerprint density at radius 1 is 1.00 bits per heavy atom. The summed E-state index contributed by atoms with van der Waals surface area (Å²) < 4.78 is 10.6. The van der Waals surface area contributed by atoms with Gasteiger partial charge in [0.2, 0.25) is 0 Å². The fraction of sp³-hybridized carbons (Fsp3) is 0.423. The van der Waals surface area contributed by atoms with E-state index in [0.717, 1.165) is 11.8 Å². The van der Waals surface area contributed by atoms with E-state index in [1.807, 2.05) is 0 Å². The number of nitro groups is 2. The van der Waals surface area contributed by atoms with Gasteiger partial charge in [0.05, 0.1) is 22.0 Å². The second-order valence-corrected chi connectivity index (χ2v) is 10.9. The largest absolute Gasteiger partial charge is 0.445 e. The summed E-state index contributed by atoms with van der Waals surface area (Å²) in [6.45, 7) is 1.47. The van der Waals surface area contributed by atoms with Crippen molar-refractivity contribution in [1.82, 2.24) is 9.80 Å². The molecule has 3 rings (SSSR count). The normalized spacial score (nSPS) is 17.0. The van der Waals surface area contributed by atoms with Crippen LogP contribution in [0.2, 0.25) is 0 Å². The van der Waals surface area contributed by atoms with E-state index in [4.69, 9.17) is 9.47 Å². The van der Waals surface area contributed by atoms with Gasteiger partial charge in [0.1, 0.15) is 13.2 Å². The summed E-state index contributed by atoms with van der Waals surface area (Å²) >= 11 is 1.07. The van der Waals surface area contributed by atoms with Crippen molar-refractivity contribution in [3.8, 4) is 0 Å². The first-order valence-corrected chi connectivity index (χ1v) is 13.5. The number of nitrogens with zero attached hydrogens (tertiary/aromatic N) is 4. The monoisotopic (exact) mass is 590 g/mol. The van der Waals surface area contributed by atoms with Crippen LogP contribution in [0.1, 0.15) is 30.9 Å². The molecule has 0 radical (unpaired) electrons. The van der Waals surface area contributed by atoms with Crippen molar-refractivity contribution >= 4 is 40.4 Å². The van der Waals surface area contributed by atoms with Crippen LogP contribution in [-0.4, -0.2) is 79.6 Å². The highest BCUT2D eigenvalue weighted by Gasteiger charge is 2.41. The summed E-state index contributed by atoms with van der Waals surface area (Å²) in [7, 11) is 1.49. The van der Waals surface area contributed by atoms with Crippen LogP contribution in [0.4, 0.5) is 21.0 Å². The summed E-state index contributed by atoms with van der Waals surface area (Å²) in [6, 6.07) is 10.5. The zero-order chi connectivity index (χ0) is 30.1. The lowest BCUT2D eigenvalue weighted by Gasteiger charge is -2.29. The van der Waals surface area contributed by atoms with Crippen molar-refractivity contribution in [2.24, 2.45) is 0 Å². The highest BCUT2D eigenvalue weighted by molar-refractivity contribution is 8.14. The van der Waals surface area contributed by atoms with Gasteiger partial charge in [0.15, 0.2) is 5.12 Å². The van der Waals surface area contributed by atoms with E-state index in [-0.39, 0.29) is 54.5 Å². The molecule has 41 heavy (non-hydrogen) atoms. The maximum absolute atomic E-state index is 12.9. The summed E-state index contributed by atoms with van der Waals surface area (Å²) in [4.78, 5) is 60.2. The molecular weight excluding hydrogens is 560 g/mol. The van der Waals surface area contributed by atoms with Gasteiger partial charge in [-0.2, -0.15) is 0 Å². The van der Waals surface area contributed by atoms with Gasteiger partial charge in [0.25, 0.3) is 11.4 Å². The van der Waals surface area contributed by atoms with Crippen LogP contribution >= 0.6 is 11.8 Å². The molecule has 3 atom stereocenters. The molecule has 1 fully saturated rings. The number of likely N-dealkylation sites (tertiary alicyclic amines) is 1. The van der Waals surface area contributed by atoms with Crippen LogP contribution in [0.25, 0.3) is 0 Å². The van der Waals surface area contributed by atoms with Crippen LogP contribution in [0.5, 0.6) is 0 Å². The maximum atomic E-state index is 12.9. The molecule has 1 aliphatic rings. The quantitative estimate of drug-likeness (QED) is 0.296. The Labute approximate surface area is 239 Å². The second-order valence-electron chi connectivity index (χ2n) is 9.42. The van der Waals surface area contributed by atoms with E-state index >= 15 is 0 Å². The molecule has 1 unspecified atom stereocenters. The van der Waals surface area contributed by atoms with Crippen molar-refractivity contribution in [3.63, 3.8) is 0 Å². The number of ether oxygens (including phenoxy) is 2. The van der Waals surface area contributed by atoms with Crippen molar-refractivity contribution in [2.75, 3.05) is 20.1 Å². The van der Waals surface area contributed by atoms with Gasteiger partial charge in [-0.25, -0.2) is 9.59 Å². The Hall–Kier alpha value is -4.24. The summed E-state index contributed by atoms with van der Waals surface area (Å²) in [6.07, 6.45) is -1.95. The van der Waals surface area contributed by atoms with E-state index in [1.54, 1.807) is 0 Å². The van der Waals surface area contributed by atoms with E-state index in [2.05, 4.69) is 0 Å². The summed E-state index contributed by atoms with van der Waals surface area (Å²) in [5.41, 5.74) is 0.947. The number of aliphatic hydroxyl groups is 1. The highest BCUT2D eigenvalue weighted by atomic mass is 32.2. The fourth-order valence-corrected chi connectivity index (χ4v) is 5.24. The average molecular weight is 591 g/mol. The van der Waals surface area contributed by atoms with Crippen LogP contribution in [-0.2, 0) is 27.5 Å². The van der Waals surface area contributed by atoms with Crippen molar-refractivity contribution in [1.29, 1.82) is 0 Å². The molecular formula is C26H30N4O10S. The molecule has 1 heterocycles. The smallest absolute Gasteiger partial charge is 0.410 e. The first kappa shape index (κ1) is 31.3. The van der Waals surface area contributed by atoms with Crippen molar-refractivity contribution in [3.05, 3.63) is 79.9 Å². The highest BCUT2D eigenvalue weighted by Crippen LogP contribution is 2.31. The number of rotatable bonds is 11. The number of carbonyl (C=O) groups excluding carboxylic acids is 3. The Morgan fingerprint density at radius 3 is 2.00 bits per heavy atom. The molecule has 220 valence electrons. The Morgan fingerprint density at radius 2 is 1.51 bits per heavy atom. The molecule has 1 aliphatic heterocycles. The summed E-state index contributed by atoms with van der Waals surface area (Å²) in [5, 5.41) is 32.2. The van der Waals surface area contributed by atoms with Gasteiger partial charge in [-0.3, -0.25) is 25.0 Å². The van der Waals surface area contributed by atoms with Gasteiger partial charge in [0, 0.05) is 56.6 Å². The molecule has 15 heteroatoms. The van der Waals surface area contributed by atoms with E-state index in [0.29, 0.717) is 17.5 Å². The Bertz CT molecular complexity index is 1260. The molecule has 2 amide bonds. The molecule has 0 aliphatic carbocycles. The molecule has 1 saturated heterocycles. The lowest BCUT2D eigenvalue weighted by Crippen LogP contribution is -2.44. The SMILES string of the molecule is CC(=O)S[C@H]1C[C@@H](C(O)CCN(C)C(=O)OCc2ccc([N+](=O)[O-])cc2)N(C(=O)OCc2ccc([N+](=O)[O-])cc2)C1. The second kappa shape index (κ2) is 14.4. The lowest BCUT2D eigenvalue weighted by atomic mass is 10.1. The topological polar surface area (TPSA) is 183 Å². The van der Waals surface area contributed by atoms with Crippen LogP contribution in [0, 0.1) is 20.2 Å². The zero-order valence-electron chi connectivity index (χ0n) is 22.4. The third-order valence-electron chi connectivity index (χ3n) is 6.41. The maximum Gasteiger partial charge on any atom is 0.410 e. The predicted molar refractivity (Wildman–Crippen MR) is 147 cm³/mol. The first-order valence-electron chi connectivity index (χ1n) is 12.6. The van der Waals surface area contributed by atoms with Crippen LogP contribution in [0.3, 0.4) is 0 Å². The number of carbonyl (C=O) groups is 3. The zero-order valence-corrected chi connectivity index (χ0v) is 23.2. The van der Waals surface area contributed by atoms with Gasteiger partial charge in [-0.05, 0) is 48.2 Å². The Kier molecular flexibility index (Phi) is 11.0. The molecule has 0 bridgehead atoms. The molecule has 14 nitrogen and oxygen atoms in total. The summed E-state index contributed by atoms with van der Waals surface area (Å²) in [5.74, 6) is 0. The number of aliphatic hydroxyl groups excluding tert-OH is 1. The van der Waals surface area contributed by atoms with Crippen molar-refractivity contribution < 1.29 is 38.8 Å². The Balaban J connectivity index is 1.54. The third kappa shape index (κ3) is 9.14. The minimum Gasteiger partial charge on any atom is -0.445 e.